The van der Waals surface area contributed by atoms with Crippen molar-refractivity contribution in [2.24, 2.45) is 0 Å². The van der Waals surface area contributed by atoms with Crippen LogP contribution in [0.3, 0.4) is 0 Å². The van der Waals surface area contributed by atoms with Gasteiger partial charge in [0.1, 0.15) is 0 Å². The van der Waals surface area contributed by atoms with E-state index in [2.05, 4.69) is 212 Å². The fourth-order valence-corrected chi connectivity index (χ4v) is 10.8. The Morgan fingerprint density at radius 2 is 0.726 bits per heavy atom. The Morgan fingerprint density at radius 3 is 1.40 bits per heavy atom. The van der Waals surface area contributed by atoms with Crippen LogP contribution in [0.25, 0.3) is 89.8 Å². The van der Waals surface area contributed by atoms with E-state index >= 15 is 0 Å². The van der Waals surface area contributed by atoms with Crippen LogP contribution < -0.4 is 0 Å². The molecule has 0 saturated heterocycles. The largest absolute Gasteiger partial charge is 0.208 e. The predicted octanol–water partition coefficient (Wildman–Crippen LogP) is 14.1. The van der Waals surface area contributed by atoms with E-state index in [1.165, 1.54) is 77.9 Å². The van der Waals surface area contributed by atoms with Gasteiger partial charge in [-0.15, -0.1) is 0 Å². The highest BCUT2D eigenvalue weighted by molar-refractivity contribution is 5.98. The molecule has 9 aromatic carbocycles. The summed E-state index contributed by atoms with van der Waals surface area (Å²) in [5.41, 5.74) is 22.3. The summed E-state index contributed by atoms with van der Waals surface area (Å²) >= 11 is 0. The Morgan fingerprint density at radius 1 is 0.274 bits per heavy atom. The molecule has 0 saturated carbocycles. The van der Waals surface area contributed by atoms with Crippen LogP contribution in [0.1, 0.15) is 33.4 Å². The lowest BCUT2D eigenvalue weighted by molar-refractivity contribution is 0.775. The molecule has 3 nitrogen and oxygen atoms in total. The molecule has 0 aliphatic heterocycles. The first kappa shape index (κ1) is 34.8. The highest BCUT2D eigenvalue weighted by Crippen LogP contribution is 2.61. The van der Waals surface area contributed by atoms with Crippen molar-refractivity contribution in [3.8, 4) is 89.8 Å². The second-order valence-electron chi connectivity index (χ2n) is 16.6. The maximum Gasteiger partial charge on any atom is 0.164 e. The van der Waals surface area contributed by atoms with E-state index in [4.69, 9.17) is 15.0 Å². The van der Waals surface area contributed by atoms with Crippen molar-refractivity contribution in [3.63, 3.8) is 0 Å². The van der Waals surface area contributed by atoms with Crippen LogP contribution in [-0.4, -0.2) is 15.0 Å². The van der Waals surface area contributed by atoms with Gasteiger partial charge < -0.3 is 0 Å². The maximum absolute atomic E-state index is 5.41. The van der Waals surface area contributed by atoms with Gasteiger partial charge >= 0.3 is 0 Å². The van der Waals surface area contributed by atoms with Gasteiger partial charge in [0.25, 0.3) is 0 Å². The van der Waals surface area contributed by atoms with Crippen molar-refractivity contribution in [2.75, 3.05) is 0 Å². The van der Waals surface area contributed by atoms with E-state index in [-0.39, 0.29) is 0 Å². The second kappa shape index (κ2) is 13.5. The Hall–Kier alpha value is -8.01. The van der Waals surface area contributed by atoms with Crippen LogP contribution in [0, 0.1) is 0 Å². The van der Waals surface area contributed by atoms with Crippen molar-refractivity contribution in [3.05, 3.63) is 246 Å². The number of nitrogens with zero attached hydrogens (tertiary/aromatic N) is 3. The van der Waals surface area contributed by atoms with Crippen molar-refractivity contribution >= 4 is 0 Å². The zero-order valence-electron chi connectivity index (χ0n) is 33.8. The van der Waals surface area contributed by atoms with Gasteiger partial charge in [-0.05, 0) is 108 Å². The van der Waals surface area contributed by atoms with E-state index in [1.54, 1.807) is 0 Å². The number of fused-ring (bicyclic) bond motifs is 15. The molecule has 1 heterocycles. The van der Waals surface area contributed by atoms with Crippen molar-refractivity contribution in [2.45, 2.75) is 11.8 Å². The Kier molecular flexibility index (Phi) is 7.58. The minimum atomic E-state index is -0.554. The molecule has 0 N–H and O–H groups in total. The lowest BCUT2D eigenvalue weighted by Gasteiger charge is -2.35. The first-order valence-corrected chi connectivity index (χ1v) is 21.4. The third kappa shape index (κ3) is 5.03. The van der Waals surface area contributed by atoms with Gasteiger partial charge in [-0.1, -0.05) is 200 Å². The highest BCUT2D eigenvalue weighted by Gasteiger charge is 2.49. The molecule has 3 aliphatic carbocycles. The summed E-state index contributed by atoms with van der Waals surface area (Å²) in [5, 5.41) is 0. The second-order valence-corrected chi connectivity index (χ2v) is 16.6. The average Bonchev–Trinajstić information content (AvgIpc) is 3.84. The molecule has 3 aliphatic rings. The summed E-state index contributed by atoms with van der Waals surface area (Å²) < 4.78 is 0. The molecule has 0 radical (unpaired) electrons. The van der Waals surface area contributed by atoms with Crippen molar-refractivity contribution < 1.29 is 0 Å². The van der Waals surface area contributed by atoms with E-state index in [0.717, 1.165) is 34.2 Å². The molecule has 1 spiro atoms. The smallest absolute Gasteiger partial charge is 0.164 e. The molecule has 0 unspecified atom stereocenters. The standard InChI is InChI=1S/C59H37N3/c1-2-16-37(17-3-1)38-19-14-21-41(34-38)56-60-57(62-58(61-56)49-28-15-20-40-35-39-18-4-5-22-43(39)55(40)49)42-32-33-54-50(36-42)48-27-10-13-31-53(48)59(54)51-29-11-8-25-46(51)44-23-6-7-24-45(44)47-26-9-12-30-52(47)59/h1-34,36H,35H2. The molecular weight excluding hydrogens is 751 g/mol. The summed E-state index contributed by atoms with van der Waals surface area (Å²) in [5.74, 6) is 1.97. The molecule has 10 aromatic rings. The fraction of sp³-hybridized carbons (Fsp3) is 0.0339. The molecule has 0 fully saturated rings. The molecule has 62 heavy (non-hydrogen) atoms. The molecule has 288 valence electrons. The third-order valence-electron chi connectivity index (χ3n) is 13.4. The van der Waals surface area contributed by atoms with Crippen LogP contribution in [0.2, 0.25) is 0 Å². The minimum Gasteiger partial charge on any atom is -0.208 e. The van der Waals surface area contributed by atoms with Gasteiger partial charge in [0.2, 0.25) is 0 Å². The fourth-order valence-electron chi connectivity index (χ4n) is 10.8. The Balaban J connectivity index is 1.06. The van der Waals surface area contributed by atoms with Gasteiger partial charge in [0.15, 0.2) is 17.5 Å². The molecular formula is C59H37N3. The monoisotopic (exact) mass is 787 g/mol. The zero-order chi connectivity index (χ0) is 40.8. The highest BCUT2D eigenvalue weighted by atomic mass is 15.0. The van der Waals surface area contributed by atoms with Gasteiger partial charge in [-0.2, -0.15) is 0 Å². The van der Waals surface area contributed by atoms with Crippen molar-refractivity contribution in [1.29, 1.82) is 0 Å². The maximum atomic E-state index is 5.41. The van der Waals surface area contributed by atoms with Crippen LogP contribution in [0.15, 0.2) is 212 Å². The van der Waals surface area contributed by atoms with Gasteiger partial charge in [0.05, 0.1) is 5.41 Å². The Bertz CT molecular complexity index is 3390. The average molecular weight is 788 g/mol. The molecule has 0 amide bonds. The third-order valence-corrected chi connectivity index (χ3v) is 13.4. The van der Waals surface area contributed by atoms with Crippen LogP contribution in [0.4, 0.5) is 0 Å². The van der Waals surface area contributed by atoms with E-state index < -0.39 is 5.41 Å². The topological polar surface area (TPSA) is 38.7 Å². The number of aromatic nitrogens is 3. The molecule has 0 bridgehead atoms. The molecule has 0 atom stereocenters. The number of hydrogen-bond acceptors (Lipinski definition) is 3. The lowest BCUT2D eigenvalue weighted by atomic mass is 9.66. The zero-order valence-corrected chi connectivity index (χ0v) is 33.8. The quantitative estimate of drug-likeness (QED) is 0.178. The summed E-state index contributed by atoms with van der Waals surface area (Å²) in [4.78, 5) is 16.1. The summed E-state index contributed by atoms with van der Waals surface area (Å²) in [6.45, 7) is 0. The molecule has 3 heteroatoms. The number of rotatable bonds is 4. The lowest BCUT2D eigenvalue weighted by Crippen LogP contribution is -2.29. The first-order valence-electron chi connectivity index (χ1n) is 21.4. The van der Waals surface area contributed by atoms with Gasteiger partial charge in [0, 0.05) is 16.7 Å². The SMILES string of the molecule is c1ccc(-c2cccc(-c3nc(-c4ccc5c(c4)-c4ccccc4C54c5ccccc5-c5ccccc5-c5ccccc54)nc(-c4cccc5c4-c4ccccc4C5)n3)c2)cc1. The minimum absolute atomic E-state index is 0.554. The molecule has 1 aromatic heterocycles. The predicted molar refractivity (Wildman–Crippen MR) is 252 cm³/mol. The van der Waals surface area contributed by atoms with Gasteiger partial charge in [-0.3, -0.25) is 0 Å². The van der Waals surface area contributed by atoms with Crippen molar-refractivity contribution in [1.82, 2.24) is 15.0 Å². The van der Waals surface area contributed by atoms with Crippen LogP contribution >= 0.6 is 0 Å². The molecule has 13 rings (SSSR count). The summed E-state index contributed by atoms with van der Waals surface area (Å²) in [6, 6.07) is 77.2. The summed E-state index contributed by atoms with van der Waals surface area (Å²) in [6.07, 6.45) is 0.895. The van der Waals surface area contributed by atoms with E-state index in [0.29, 0.717) is 17.5 Å². The van der Waals surface area contributed by atoms with Crippen LogP contribution in [-0.2, 0) is 11.8 Å². The number of hydrogen-bond donors (Lipinski definition) is 0. The van der Waals surface area contributed by atoms with Gasteiger partial charge in [-0.25, -0.2) is 15.0 Å². The summed E-state index contributed by atoms with van der Waals surface area (Å²) in [7, 11) is 0. The van der Waals surface area contributed by atoms with E-state index in [1.807, 2.05) is 0 Å². The number of benzene rings is 9. The van der Waals surface area contributed by atoms with E-state index in [9.17, 15) is 0 Å². The normalized spacial score (nSPS) is 13.2. The first-order chi connectivity index (χ1) is 30.7. The van der Waals surface area contributed by atoms with Crippen LogP contribution in [0.5, 0.6) is 0 Å². The Labute approximate surface area is 360 Å².